The summed E-state index contributed by atoms with van der Waals surface area (Å²) in [6, 6.07) is 1.21. The quantitative estimate of drug-likeness (QED) is 0.490. The Bertz CT molecular complexity index is 1450. The van der Waals surface area contributed by atoms with Crippen molar-refractivity contribution in [3.05, 3.63) is 41.0 Å². The van der Waals surface area contributed by atoms with Crippen LogP contribution in [-0.2, 0) is 30.5 Å². The van der Waals surface area contributed by atoms with E-state index in [9.17, 15) is 13.2 Å². The standard InChI is InChI=1S/C17H14FN5O3S/c1-21-8-9(6-20-21)13-10(18)5-11-14-15-12(7-19-11)22(2)17(24)23(15)3-4-27(25,26)16(13)14/h5-8H,3-4H2,1-2H3. The fourth-order valence-corrected chi connectivity index (χ4v) is 5.48. The molecule has 4 heterocycles. The summed E-state index contributed by atoms with van der Waals surface area (Å²) in [6.45, 7) is 0.000396. The topological polar surface area (TPSA) is 91.8 Å². The maximum atomic E-state index is 15.0. The average molecular weight is 387 g/mol. The smallest absolute Gasteiger partial charge is 0.293 e. The van der Waals surface area contributed by atoms with E-state index in [0.29, 0.717) is 16.6 Å². The molecule has 8 nitrogen and oxygen atoms in total. The summed E-state index contributed by atoms with van der Waals surface area (Å²) in [5, 5.41) is 4.32. The minimum absolute atomic E-state index is 0.000396. The lowest BCUT2D eigenvalue weighted by Gasteiger charge is -2.12. The van der Waals surface area contributed by atoms with E-state index in [2.05, 4.69) is 10.1 Å². The molecule has 0 spiro atoms. The van der Waals surface area contributed by atoms with Crippen LogP contribution in [0, 0.1) is 5.82 Å². The van der Waals surface area contributed by atoms with Crippen LogP contribution in [0.25, 0.3) is 33.1 Å². The number of aromatic nitrogens is 5. The lowest BCUT2D eigenvalue weighted by molar-refractivity contribution is 0.587. The fraction of sp³-hybridized carbons (Fsp3) is 0.235. The summed E-state index contributed by atoms with van der Waals surface area (Å²) in [5.74, 6) is -0.986. The molecule has 0 atom stereocenters. The molecule has 0 N–H and O–H groups in total. The molecule has 1 aliphatic rings. The molecule has 0 unspecified atom stereocenters. The first-order valence-corrected chi connectivity index (χ1v) is 9.87. The summed E-state index contributed by atoms with van der Waals surface area (Å²) in [4.78, 5) is 16.7. The van der Waals surface area contributed by atoms with Gasteiger partial charge in [-0.15, -0.1) is 0 Å². The van der Waals surface area contributed by atoms with Gasteiger partial charge in [-0.05, 0) is 0 Å². The van der Waals surface area contributed by atoms with E-state index in [1.807, 2.05) is 0 Å². The van der Waals surface area contributed by atoms with Crippen LogP contribution in [0.2, 0.25) is 0 Å². The van der Waals surface area contributed by atoms with E-state index in [0.717, 1.165) is 0 Å². The second kappa shape index (κ2) is 5.03. The molecule has 0 saturated carbocycles. The molecule has 4 aromatic rings. The Labute approximate surface area is 152 Å². The first-order chi connectivity index (χ1) is 12.8. The second-order valence-corrected chi connectivity index (χ2v) is 8.71. The van der Waals surface area contributed by atoms with Crippen molar-refractivity contribution in [1.82, 2.24) is 23.9 Å². The molecule has 0 saturated heterocycles. The van der Waals surface area contributed by atoms with Crippen LogP contribution in [0.4, 0.5) is 4.39 Å². The van der Waals surface area contributed by atoms with Crippen LogP contribution in [-0.4, -0.2) is 38.1 Å². The van der Waals surface area contributed by atoms with E-state index in [1.54, 1.807) is 20.3 Å². The van der Waals surface area contributed by atoms with Gasteiger partial charge >= 0.3 is 5.69 Å². The zero-order chi connectivity index (χ0) is 19.1. The fourth-order valence-electron chi connectivity index (χ4n) is 3.81. The molecule has 138 valence electrons. The van der Waals surface area contributed by atoms with E-state index < -0.39 is 15.7 Å². The maximum absolute atomic E-state index is 15.0. The number of hydrogen-bond acceptors (Lipinski definition) is 5. The van der Waals surface area contributed by atoms with E-state index in [4.69, 9.17) is 0 Å². The lowest BCUT2D eigenvalue weighted by Crippen LogP contribution is -2.24. The predicted octanol–water partition coefficient (Wildman–Crippen LogP) is 1.22. The van der Waals surface area contributed by atoms with Gasteiger partial charge in [0.1, 0.15) is 5.82 Å². The minimum atomic E-state index is -3.86. The largest absolute Gasteiger partial charge is 0.328 e. The van der Waals surface area contributed by atoms with E-state index >= 15 is 4.39 Å². The highest BCUT2D eigenvalue weighted by atomic mass is 32.2. The van der Waals surface area contributed by atoms with Crippen molar-refractivity contribution in [3.8, 4) is 11.1 Å². The molecule has 10 heteroatoms. The van der Waals surface area contributed by atoms with E-state index in [-0.39, 0.29) is 39.3 Å². The zero-order valence-electron chi connectivity index (χ0n) is 14.5. The van der Waals surface area contributed by atoms with Crippen LogP contribution in [0.1, 0.15) is 0 Å². The number of rotatable bonds is 1. The first kappa shape index (κ1) is 16.2. The second-order valence-electron chi connectivity index (χ2n) is 6.66. The van der Waals surface area contributed by atoms with Crippen LogP contribution in [0.3, 0.4) is 0 Å². The Balaban J connectivity index is 2.12. The van der Waals surface area contributed by atoms with Gasteiger partial charge in [-0.2, -0.15) is 5.10 Å². The maximum Gasteiger partial charge on any atom is 0.328 e. The molecular formula is C17H14FN5O3S. The van der Waals surface area contributed by atoms with Crippen molar-refractivity contribution in [2.45, 2.75) is 11.4 Å². The number of imidazole rings is 1. The van der Waals surface area contributed by atoms with Crippen molar-refractivity contribution in [3.63, 3.8) is 0 Å². The van der Waals surface area contributed by atoms with Crippen molar-refractivity contribution in [1.29, 1.82) is 0 Å². The number of hydrogen-bond donors (Lipinski definition) is 0. The number of benzene rings is 1. The third kappa shape index (κ3) is 2.01. The normalized spacial score (nSPS) is 15.7. The predicted molar refractivity (Wildman–Crippen MR) is 96.7 cm³/mol. The molecule has 0 amide bonds. The van der Waals surface area contributed by atoms with Crippen LogP contribution < -0.4 is 5.69 Å². The summed E-state index contributed by atoms with van der Waals surface area (Å²) >= 11 is 0. The van der Waals surface area contributed by atoms with Crippen molar-refractivity contribution >= 4 is 31.8 Å². The van der Waals surface area contributed by atoms with Gasteiger partial charge in [0, 0.05) is 49.4 Å². The summed E-state index contributed by atoms with van der Waals surface area (Å²) < 4.78 is 45.6. The molecule has 0 aliphatic carbocycles. The minimum Gasteiger partial charge on any atom is -0.293 e. The Kier molecular flexibility index (Phi) is 3.02. The van der Waals surface area contributed by atoms with Gasteiger partial charge in [0.2, 0.25) is 0 Å². The van der Waals surface area contributed by atoms with Crippen molar-refractivity contribution in [2.24, 2.45) is 14.1 Å². The van der Waals surface area contributed by atoms with Crippen LogP contribution >= 0.6 is 0 Å². The molecule has 5 rings (SSSR count). The van der Waals surface area contributed by atoms with E-state index in [1.165, 1.54) is 32.3 Å². The van der Waals surface area contributed by atoms with Gasteiger partial charge < -0.3 is 0 Å². The summed E-state index contributed by atoms with van der Waals surface area (Å²) in [7, 11) is -0.586. The first-order valence-electron chi connectivity index (χ1n) is 8.22. The number of halogens is 1. The SMILES string of the molecule is Cn1cc(-c2c(F)cc3ncc4c5c3c2S(=O)(=O)CCn5c(=O)n4C)cn1. The highest BCUT2D eigenvalue weighted by molar-refractivity contribution is 7.91. The van der Waals surface area contributed by atoms with Gasteiger partial charge in [0.15, 0.2) is 9.84 Å². The third-order valence-electron chi connectivity index (χ3n) is 5.06. The Morgan fingerprint density at radius 3 is 2.70 bits per heavy atom. The molecule has 1 aliphatic heterocycles. The highest BCUT2D eigenvalue weighted by Crippen LogP contribution is 2.40. The molecule has 3 aromatic heterocycles. The molecule has 0 bridgehead atoms. The summed E-state index contributed by atoms with van der Waals surface area (Å²) in [6.07, 6.45) is 4.46. The van der Waals surface area contributed by atoms with Crippen molar-refractivity contribution < 1.29 is 12.8 Å². The molecule has 1 aromatic carbocycles. The van der Waals surface area contributed by atoms with Gasteiger partial charge in [-0.25, -0.2) is 17.6 Å². The van der Waals surface area contributed by atoms with Crippen LogP contribution in [0.5, 0.6) is 0 Å². The Hall–Kier alpha value is -3.01. The van der Waals surface area contributed by atoms with Gasteiger partial charge in [0.05, 0.1) is 39.6 Å². The molecule has 0 fully saturated rings. The molecule has 0 radical (unpaired) electrons. The van der Waals surface area contributed by atoms with Gasteiger partial charge in [0.25, 0.3) is 0 Å². The van der Waals surface area contributed by atoms with Crippen LogP contribution in [0.15, 0.2) is 34.3 Å². The number of sulfone groups is 1. The monoisotopic (exact) mass is 387 g/mol. The molecule has 27 heavy (non-hydrogen) atoms. The average Bonchev–Trinajstić information content (AvgIpc) is 3.10. The van der Waals surface area contributed by atoms with Gasteiger partial charge in [-0.3, -0.25) is 18.8 Å². The highest BCUT2D eigenvalue weighted by Gasteiger charge is 2.32. The molecular weight excluding hydrogens is 373 g/mol. The number of nitrogens with zero attached hydrogens (tertiary/aromatic N) is 5. The number of aryl methyl sites for hydroxylation is 3. The Morgan fingerprint density at radius 1 is 1.22 bits per heavy atom. The lowest BCUT2D eigenvalue weighted by atomic mass is 10.0. The van der Waals surface area contributed by atoms with Gasteiger partial charge in [-0.1, -0.05) is 0 Å². The van der Waals surface area contributed by atoms with Crippen molar-refractivity contribution in [2.75, 3.05) is 5.75 Å². The summed E-state index contributed by atoms with van der Waals surface area (Å²) in [5.41, 5.74) is 1.18. The Morgan fingerprint density at radius 2 is 2.00 bits per heavy atom. The third-order valence-corrected chi connectivity index (χ3v) is 6.81. The number of pyridine rings is 1. The zero-order valence-corrected chi connectivity index (χ0v) is 15.3.